The van der Waals surface area contributed by atoms with E-state index < -0.39 is 88.5 Å². The highest BCUT2D eigenvalue weighted by Gasteiger charge is 2.61. The van der Waals surface area contributed by atoms with Gasteiger partial charge in [-0.1, -0.05) is 30.3 Å². The van der Waals surface area contributed by atoms with E-state index in [0.717, 1.165) is 0 Å². The fourth-order valence-electron chi connectivity index (χ4n) is 4.38. The number of alkyl halides is 6. The number of aromatic nitrogens is 3. The molecule has 2 aromatic heterocycles. The predicted octanol–water partition coefficient (Wildman–Crippen LogP) is 6.16. The summed E-state index contributed by atoms with van der Waals surface area (Å²) in [5, 5.41) is 31.9. The van der Waals surface area contributed by atoms with Crippen molar-refractivity contribution in [2.75, 3.05) is 5.32 Å². The number of nitrogens with one attached hydrogen (secondary N) is 1. The number of aliphatic hydroxyl groups is 1. The van der Waals surface area contributed by atoms with Gasteiger partial charge in [0.05, 0.1) is 17.6 Å². The van der Waals surface area contributed by atoms with Crippen LogP contribution in [0.1, 0.15) is 56.5 Å². The van der Waals surface area contributed by atoms with Gasteiger partial charge in [-0.15, -0.1) is 10.2 Å². The molecule has 3 aromatic rings. The number of fused-ring (bicyclic) bond motifs is 5. The fourth-order valence-corrected chi connectivity index (χ4v) is 4.38. The van der Waals surface area contributed by atoms with Gasteiger partial charge >= 0.3 is 18.0 Å². The Morgan fingerprint density at radius 3 is 2.39 bits per heavy atom. The van der Waals surface area contributed by atoms with Gasteiger partial charge < -0.3 is 19.6 Å². The Balaban J connectivity index is 1.94. The number of benzene rings is 1. The zero-order chi connectivity index (χ0) is 30.2. The van der Waals surface area contributed by atoms with Gasteiger partial charge in [0.1, 0.15) is 11.4 Å². The Bertz CT molecular complexity index is 1400. The van der Waals surface area contributed by atoms with Crippen LogP contribution in [0.5, 0.6) is 0 Å². The zero-order valence-corrected chi connectivity index (χ0v) is 21.7. The van der Waals surface area contributed by atoms with E-state index in [4.69, 9.17) is 9.15 Å². The molecule has 0 amide bonds. The molecule has 1 aliphatic rings. The van der Waals surface area contributed by atoms with Crippen LogP contribution in [0.2, 0.25) is 0 Å². The van der Waals surface area contributed by atoms with Gasteiger partial charge in [-0.3, -0.25) is 10.1 Å². The molecule has 0 spiro atoms. The molecule has 2 atom stereocenters. The highest BCUT2D eigenvalue weighted by molar-refractivity contribution is 5.68. The lowest BCUT2D eigenvalue weighted by Crippen LogP contribution is -2.46. The third kappa shape index (κ3) is 6.43. The lowest BCUT2D eigenvalue weighted by atomic mass is 9.90. The molecule has 0 radical (unpaired) electrons. The predicted molar refractivity (Wildman–Crippen MR) is 130 cm³/mol. The van der Waals surface area contributed by atoms with Crippen LogP contribution in [0.4, 0.5) is 37.8 Å². The van der Waals surface area contributed by atoms with Gasteiger partial charge in [-0.05, 0) is 45.1 Å². The summed E-state index contributed by atoms with van der Waals surface area (Å²) in [4.78, 5) is 14.3. The summed E-state index contributed by atoms with van der Waals surface area (Å²) < 4.78 is 96.8. The van der Waals surface area contributed by atoms with Gasteiger partial charge in [0.15, 0.2) is 0 Å². The molecule has 4 bridgehead atoms. The van der Waals surface area contributed by atoms with Crippen molar-refractivity contribution in [3.05, 3.63) is 63.5 Å². The molecule has 0 saturated heterocycles. The zero-order valence-electron chi connectivity index (χ0n) is 21.7. The van der Waals surface area contributed by atoms with Crippen LogP contribution in [-0.4, -0.2) is 43.0 Å². The summed E-state index contributed by atoms with van der Waals surface area (Å²) in [7, 11) is 0. The molecule has 0 aliphatic carbocycles. The first-order valence-corrected chi connectivity index (χ1v) is 12.3. The molecule has 1 aromatic carbocycles. The van der Waals surface area contributed by atoms with Crippen molar-refractivity contribution >= 4 is 11.5 Å². The Hall–Kier alpha value is -3.79. The Kier molecular flexibility index (Phi) is 8.01. The first-order valence-electron chi connectivity index (χ1n) is 12.3. The Morgan fingerprint density at radius 2 is 1.78 bits per heavy atom. The molecule has 10 nitrogen and oxygen atoms in total. The summed E-state index contributed by atoms with van der Waals surface area (Å²) in [5.41, 5.74) is -7.64. The maximum atomic E-state index is 14.8. The molecular weight excluding hydrogens is 564 g/mol. The van der Waals surface area contributed by atoms with Gasteiger partial charge in [0, 0.05) is 11.6 Å². The maximum Gasteiger partial charge on any atom is 0.426 e. The van der Waals surface area contributed by atoms with Crippen LogP contribution in [-0.2, 0) is 23.1 Å². The third-order valence-electron chi connectivity index (χ3n) is 6.65. The quantitative estimate of drug-likeness (QED) is 0.208. The summed E-state index contributed by atoms with van der Waals surface area (Å²) in [6.07, 6.45) is -13.0. The second kappa shape index (κ2) is 10.9. The molecule has 0 fully saturated rings. The topological polar surface area (TPSA) is 136 Å². The molecular formula is C25H25F6N5O5. The number of ether oxygens (including phenoxy) is 1. The number of hydrogen-bond donors (Lipinski definition) is 2. The van der Waals surface area contributed by atoms with Gasteiger partial charge in [-0.2, -0.15) is 26.3 Å². The number of rotatable bonds is 4. The molecule has 2 N–H and O–H groups in total. The number of aliphatic hydroxyl groups excluding tert-OH is 1. The molecule has 0 saturated carbocycles. The lowest BCUT2D eigenvalue weighted by molar-refractivity contribution is -0.384. The van der Waals surface area contributed by atoms with Crippen molar-refractivity contribution in [1.29, 1.82) is 0 Å². The fraction of sp³-hybridized carbons (Fsp3) is 0.480. The van der Waals surface area contributed by atoms with Crippen LogP contribution in [0.25, 0.3) is 11.6 Å². The van der Waals surface area contributed by atoms with Crippen LogP contribution < -0.4 is 5.32 Å². The largest absolute Gasteiger partial charge is 0.426 e. The summed E-state index contributed by atoms with van der Waals surface area (Å²) in [6, 6.07) is 8.07. The minimum absolute atomic E-state index is 0.00173. The Morgan fingerprint density at radius 1 is 1.12 bits per heavy atom. The van der Waals surface area contributed by atoms with E-state index in [1.807, 2.05) is 0 Å². The second-order valence-corrected chi connectivity index (χ2v) is 10.3. The molecule has 41 heavy (non-hydrogen) atoms. The van der Waals surface area contributed by atoms with E-state index >= 15 is 0 Å². The average molecular weight is 589 g/mol. The third-order valence-corrected chi connectivity index (χ3v) is 6.65. The smallest absolute Gasteiger partial charge is 0.415 e. The number of pyridine rings is 1. The standard InChI is InChI=1S/C25H25F6N5O5/c1-22(2)10-8-15(37)9-11-23(25(29,30)31,40-13-14-6-4-3-5-7-14)21-35-34-20(41-21)18-17(36(38)39)12-16(24(26,27)28)19(32-18)33-22/h3-7,12,15,37H,8-11,13H2,1-2H3,(H,32,33)/t15?,23-/m1/s1. The van der Waals surface area contributed by atoms with Crippen molar-refractivity contribution in [1.82, 2.24) is 15.2 Å². The van der Waals surface area contributed by atoms with E-state index in [1.54, 1.807) is 18.2 Å². The minimum Gasteiger partial charge on any atom is -0.415 e. The number of halogens is 6. The second-order valence-electron chi connectivity index (χ2n) is 10.3. The highest BCUT2D eigenvalue weighted by Crippen LogP contribution is 2.48. The number of anilines is 1. The van der Waals surface area contributed by atoms with Gasteiger partial charge in [-0.25, -0.2) is 4.98 Å². The molecule has 1 aliphatic heterocycles. The summed E-state index contributed by atoms with van der Waals surface area (Å²) in [6.45, 7) is 2.42. The van der Waals surface area contributed by atoms with Crippen molar-refractivity contribution in [3.63, 3.8) is 0 Å². The first-order chi connectivity index (χ1) is 19.0. The first kappa shape index (κ1) is 30.2. The van der Waals surface area contributed by atoms with Crippen molar-refractivity contribution in [2.45, 2.75) is 75.7 Å². The van der Waals surface area contributed by atoms with Crippen molar-refractivity contribution < 1.29 is 45.5 Å². The molecule has 4 rings (SSSR count). The normalized spacial score (nSPS) is 21.5. The van der Waals surface area contributed by atoms with Crippen LogP contribution >= 0.6 is 0 Å². The molecule has 1 unspecified atom stereocenters. The highest BCUT2D eigenvalue weighted by atomic mass is 19.4. The average Bonchev–Trinajstić information content (AvgIpc) is 3.36. The van der Waals surface area contributed by atoms with Crippen LogP contribution in [0.3, 0.4) is 0 Å². The van der Waals surface area contributed by atoms with E-state index in [1.165, 1.54) is 26.0 Å². The van der Waals surface area contributed by atoms with Crippen molar-refractivity contribution in [3.8, 4) is 11.6 Å². The van der Waals surface area contributed by atoms with Gasteiger partial charge in [0.2, 0.25) is 11.3 Å². The summed E-state index contributed by atoms with van der Waals surface area (Å²) in [5.74, 6) is -2.90. The Labute approximate surface area is 228 Å². The summed E-state index contributed by atoms with van der Waals surface area (Å²) >= 11 is 0. The number of nitrogens with zero attached hydrogens (tertiary/aromatic N) is 4. The van der Waals surface area contributed by atoms with Crippen molar-refractivity contribution in [2.24, 2.45) is 0 Å². The monoisotopic (exact) mass is 589 g/mol. The van der Waals surface area contributed by atoms with E-state index in [-0.39, 0.29) is 18.9 Å². The number of nitro groups is 1. The maximum absolute atomic E-state index is 14.8. The molecule has 3 heterocycles. The van der Waals surface area contributed by atoms with Crippen LogP contribution in [0, 0.1) is 10.1 Å². The molecule has 16 heteroatoms. The SMILES string of the molecule is CC1(C)CCC(O)CC[C@](OCc2ccccc2)(C(F)(F)F)c2nnc(o2)-c2nc(c(C(F)(F)F)cc2[N+](=O)[O-])N1. The lowest BCUT2D eigenvalue weighted by Gasteiger charge is -2.34. The minimum atomic E-state index is -5.19. The van der Waals surface area contributed by atoms with E-state index in [0.29, 0.717) is 5.56 Å². The number of hydrogen-bond acceptors (Lipinski definition) is 9. The van der Waals surface area contributed by atoms with E-state index in [2.05, 4.69) is 20.5 Å². The van der Waals surface area contributed by atoms with Gasteiger partial charge in [0.25, 0.3) is 11.8 Å². The van der Waals surface area contributed by atoms with E-state index in [9.17, 15) is 41.6 Å². The van der Waals surface area contributed by atoms with Crippen LogP contribution in [0.15, 0.2) is 40.8 Å². The molecule has 222 valence electrons.